The van der Waals surface area contributed by atoms with Crippen LogP contribution in [0.1, 0.15) is 25.8 Å². The van der Waals surface area contributed by atoms with Gasteiger partial charge in [0.1, 0.15) is 11.5 Å². The van der Waals surface area contributed by atoms with Crippen molar-refractivity contribution < 1.29 is 14.2 Å². The molecule has 4 nitrogen and oxygen atoms in total. The fourth-order valence-corrected chi connectivity index (χ4v) is 3.22. The van der Waals surface area contributed by atoms with Gasteiger partial charge in [-0.05, 0) is 83.4 Å². The lowest BCUT2D eigenvalue weighted by molar-refractivity contribution is 0.275. The summed E-state index contributed by atoms with van der Waals surface area (Å²) in [5.74, 6) is 3.02. The highest BCUT2D eigenvalue weighted by Crippen LogP contribution is 2.37. The van der Waals surface area contributed by atoms with E-state index in [2.05, 4.69) is 27.8 Å². The number of benzene rings is 3. The maximum absolute atomic E-state index is 5.82. The van der Waals surface area contributed by atoms with Crippen molar-refractivity contribution in [2.75, 3.05) is 13.2 Å². The average Bonchev–Trinajstić information content (AvgIpc) is 2.74. The van der Waals surface area contributed by atoms with Crippen LogP contribution in [0, 0.1) is 0 Å². The summed E-state index contributed by atoms with van der Waals surface area (Å²) in [4.78, 5) is 4.56. The quantitative estimate of drug-likeness (QED) is 0.322. The van der Waals surface area contributed by atoms with Crippen LogP contribution in [0.2, 0.25) is 0 Å². The van der Waals surface area contributed by atoms with Crippen molar-refractivity contribution in [3.63, 3.8) is 0 Å². The predicted octanol–water partition coefficient (Wildman–Crippen LogP) is 7.18. The van der Waals surface area contributed by atoms with Crippen molar-refractivity contribution in [1.82, 2.24) is 0 Å². The van der Waals surface area contributed by atoms with Gasteiger partial charge in [0.25, 0.3) is 0 Å². The maximum Gasteiger partial charge on any atom is 0.175 e. The monoisotopic (exact) mass is 453 g/mol. The second kappa shape index (κ2) is 10.7. The van der Waals surface area contributed by atoms with Gasteiger partial charge < -0.3 is 14.2 Å². The predicted molar refractivity (Wildman–Crippen MR) is 121 cm³/mol. The fraction of sp³-hybridized carbons (Fsp3) is 0.208. The molecular formula is C24H24BrNO3. The molecule has 0 aliphatic rings. The molecule has 0 aromatic heterocycles. The van der Waals surface area contributed by atoms with E-state index >= 15 is 0 Å². The van der Waals surface area contributed by atoms with E-state index in [1.807, 2.05) is 79.9 Å². The maximum atomic E-state index is 5.82. The standard InChI is InChI=1S/C24H24BrNO3/c1-3-14-28-24-22(25)15-18(16-23(24)27-4-2)17-26-19-10-12-21(13-11-19)29-20-8-6-5-7-9-20/h5-13,15-17H,3-4,14H2,1-2H3. The van der Waals surface area contributed by atoms with Gasteiger partial charge in [0.15, 0.2) is 11.5 Å². The van der Waals surface area contributed by atoms with Gasteiger partial charge >= 0.3 is 0 Å². The summed E-state index contributed by atoms with van der Waals surface area (Å²) in [5, 5.41) is 0. The Morgan fingerprint density at radius 3 is 2.31 bits per heavy atom. The van der Waals surface area contributed by atoms with E-state index < -0.39 is 0 Å². The lowest BCUT2D eigenvalue weighted by Gasteiger charge is -2.14. The van der Waals surface area contributed by atoms with E-state index in [0.29, 0.717) is 19.0 Å². The summed E-state index contributed by atoms with van der Waals surface area (Å²) in [6.07, 6.45) is 2.75. The van der Waals surface area contributed by atoms with E-state index in [0.717, 1.165) is 39.4 Å². The molecule has 3 aromatic carbocycles. The summed E-state index contributed by atoms with van der Waals surface area (Å²) >= 11 is 3.58. The summed E-state index contributed by atoms with van der Waals surface area (Å²) < 4.78 is 18.2. The van der Waals surface area contributed by atoms with Gasteiger partial charge in [-0.3, -0.25) is 4.99 Å². The summed E-state index contributed by atoms with van der Waals surface area (Å²) in [5.41, 5.74) is 1.76. The molecule has 0 aliphatic carbocycles. The number of hydrogen-bond acceptors (Lipinski definition) is 4. The van der Waals surface area contributed by atoms with Crippen LogP contribution in [0.15, 0.2) is 76.2 Å². The molecule has 3 aromatic rings. The number of halogens is 1. The Kier molecular flexibility index (Phi) is 7.70. The van der Waals surface area contributed by atoms with E-state index in [9.17, 15) is 0 Å². The van der Waals surface area contributed by atoms with Gasteiger partial charge in [0, 0.05) is 6.21 Å². The second-order valence-electron chi connectivity index (χ2n) is 6.28. The molecule has 150 valence electrons. The van der Waals surface area contributed by atoms with Gasteiger partial charge in [0.2, 0.25) is 0 Å². The topological polar surface area (TPSA) is 40.0 Å². The van der Waals surface area contributed by atoms with Crippen LogP contribution >= 0.6 is 15.9 Å². The Morgan fingerprint density at radius 1 is 0.897 bits per heavy atom. The first-order valence-corrected chi connectivity index (χ1v) is 10.4. The van der Waals surface area contributed by atoms with Gasteiger partial charge in [-0.2, -0.15) is 0 Å². The first-order chi connectivity index (χ1) is 14.2. The molecule has 0 fully saturated rings. The van der Waals surface area contributed by atoms with E-state index in [1.54, 1.807) is 0 Å². The zero-order chi connectivity index (χ0) is 20.5. The lowest BCUT2D eigenvalue weighted by atomic mass is 10.2. The lowest BCUT2D eigenvalue weighted by Crippen LogP contribution is -2.01. The molecule has 0 aliphatic heterocycles. The van der Waals surface area contributed by atoms with Gasteiger partial charge in [-0.15, -0.1) is 0 Å². The minimum atomic E-state index is 0.568. The third-order valence-corrected chi connectivity index (χ3v) is 4.55. The van der Waals surface area contributed by atoms with Crippen LogP contribution in [0.5, 0.6) is 23.0 Å². The van der Waals surface area contributed by atoms with Gasteiger partial charge in [-0.25, -0.2) is 0 Å². The zero-order valence-corrected chi connectivity index (χ0v) is 18.2. The van der Waals surface area contributed by atoms with Crippen LogP contribution in [0.3, 0.4) is 0 Å². The van der Waals surface area contributed by atoms with Crippen LogP contribution in [0.25, 0.3) is 0 Å². The van der Waals surface area contributed by atoms with E-state index in [1.165, 1.54) is 0 Å². The minimum Gasteiger partial charge on any atom is -0.490 e. The van der Waals surface area contributed by atoms with Crippen LogP contribution in [0.4, 0.5) is 5.69 Å². The van der Waals surface area contributed by atoms with Crippen molar-refractivity contribution in [3.05, 3.63) is 76.8 Å². The number of hydrogen-bond donors (Lipinski definition) is 0. The molecule has 0 saturated carbocycles. The highest BCUT2D eigenvalue weighted by atomic mass is 79.9. The molecule has 0 radical (unpaired) electrons. The number of ether oxygens (including phenoxy) is 3. The molecule has 0 atom stereocenters. The summed E-state index contributed by atoms with van der Waals surface area (Å²) in [6, 6.07) is 21.3. The normalized spacial score (nSPS) is 10.9. The second-order valence-corrected chi connectivity index (χ2v) is 7.13. The third-order valence-electron chi connectivity index (χ3n) is 3.96. The molecule has 3 rings (SSSR count). The molecule has 0 bridgehead atoms. The van der Waals surface area contributed by atoms with E-state index in [-0.39, 0.29) is 0 Å². The third kappa shape index (κ3) is 6.09. The molecule has 0 spiro atoms. The molecule has 0 heterocycles. The molecular weight excluding hydrogens is 430 g/mol. The molecule has 29 heavy (non-hydrogen) atoms. The first kappa shape index (κ1) is 20.9. The van der Waals surface area contributed by atoms with Crippen molar-refractivity contribution in [3.8, 4) is 23.0 Å². The molecule has 0 N–H and O–H groups in total. The van der Waals surface area contributed by atoms with Gasteiger partial charge in [-0.1, -0.05) is 25.1 Å². The fourth-order valence-electron chi connectivity index (χ4n) is 2.64. The SMILES string of the molecule is CCCOc1c(Br)cc(C=Nc2ccc(Oc3ccccc3)cc2)cc1OCC. The molecule has 0 amide bonds. The van der Waals surface area contributed by atoms with Crippen molar-refractivity contribution in [1.29, 1.82) is 0 Å². The van der Waals surface area contributed by atoms with Crippen LogP contribution in [-0.2, 0) is 0 Å². The largest absolute Gasteiger partial charge is 0.490 e. The number of para-hydroxylation sites is 1. The number of rotatable bonds is 9. The number of aliphatic imine (C=N–C) groups is 1. The highest BCUT2D eigenvalue weighted by molar-refractivity contribution is 9.10. The van der Waals surface area contributed by atoms with Crippen molar-refractivity contribution in [2.45, 2.75) is 20.3 Å². The Balaban J connectivity index is 1.73. The Bertz CT molecular complexity index is 940. The first-order valence-electron chi connectivity index (χ1n) is 9.65. The summed E-state index contributed by atoms with van der Waals surface area (Å²) in [6.45, 7) is 5.24. The highest BCUT2D eigenvalue weighted by Gasteiger charge is 2.11. The molecule has 0 saturated heterocycles. The smallest absolute Gasteiger partial charge is 0.175 e. The van der Waals surface area contributed by atoms with Gasteiger partial charge in [0.05, 0.1) is 23.4 Å². The summed E-state index contributed by atoms with van der Waals surface area (Å²) in [7, 11) is 0. The zero-order valence-electron chi connectivity index (χ0n) is 16.6. The number of nitrogens with zero attached hydrogens (tertiary/aromatic N) is 1. The van der Waals surface area contributed by atoms with Crippen LogP contribution < -0.4 is 14.2 Å². The van der Waals surface area contributed by atoms with E-state index in [4.69, 9.17) is 14.2 Å². The molecule has 0 unspecified atom stereocenters. The van der Waals surface area contributed by atoms with Crippen molar-refractivity contribution >= 4 is 27.8 Å². The Morgan fingerprint density at radius 2 is 1.62 bits per heavy atom. The molecule has 5 heteroatoms. The minimum absolute atomic E-state index is 0.568. The average molecular weight is 454 g/mol. The Hall–Kier alpha value is -2.79. The van der Waals surface area contributed by atoms with Crippen LogP contribution in [-0.4, -0.2) is 19.4 Å². The van der Waals surface area contributed by atoms with Crippen molar-refractivity contribution in [2.24, 2.45) is 4.99 Å². The Labute approximate surface area is 180 Å².